The number of rotatable bonds is 3. The number of nitriles is 1. The average Bonchev–Trinajstić information content (AvgIpc) is 2.68. The van der Waals surface area contributed by atoms with Crippen LogP contribution in [0.4, 0.5) is 0 Å². The summed E-state index contributed by atoms with van der Waals surface area (Å²) in [5, 5.41) is 18.8. The molecule has 0 aliphatic rings. The number of aliphatic carboxylic acids is 1. The number of carbonyl (C=O) groups is 1. The van der Waals surface area contributed by atoms with Gasteiger partial charge in [-0.05, 0) is 11.1 Å². The highest BCUT2D eigenvalue weighted by Gasteiger charge is 2.17. The number of carboxylic acid groups (broad SMARTS) is 1. The second kappa shape index (κ2) is 5.65. The van der Waals surface area contributed by atoms with E-state index in [1.54, 1.807) is 0 Å². The predicted molar refractivity (Wildman–Crippen MR) is 72.2 cm³/mol. The molecule has 2 aromatic rings. The van der Waals surface area contributed by atoms with Crippen molar-refractivity contribution in [3.63, 3.8) is 0 Å². The third-order valence-corrected chi connectivity index (χ3v) is 2.08. The molecule has 0 aromatic heterocycles. The van der Waals surface area contributed by atoms with E-state index in [4.69, 9.17) is 13.7 Å². The van der Waals surface area contributed by atoms with Crippen LogP contribution in [0.15, 0.2) is 66.0 Å². The van der Waals surface area contributed by atoms with Crippen molar-refractivity contribution in [3.05, 3.63) is 77.1 Å². The molecule has 19 heavy (non-hydrogen) atoms. The molecule has 0 bridgehead atoms. The molecule has 1 N–H and O–H groups in total. The summed E-state index contributed by atoms with van der Waals surface area (Å²) in [4.78, 5) is 11.7. The maximum atomic E-state index is 11.7. The first-order chi connectivity index (χ1) is 13.4. The van der Waals surface area contributed by atoms with Gasteiger partial charge in [0, 0.05) is 5.57 Å². The van der Waals surface area contributed by atoms with Gasteiger partial charge in [-0.1, -0.05) is 60.4 Å². The maximum absolute atomic E-state index is 11.7. The fraction of sp³-hybridized carbons (Fsp3) is 0. The van der Waals surface area contributed by atoms with Crippen LogP contribution in [-0.4, -0.2) is 11.1 Å². The van der Waals surface area contributed by atoms with Crippen molar-refractivity contribution in [2.45, 2.75) is 0 Å². The second-order valence-electron chi connectivity index (χ2n) is 3.17. The monoisotopic (exact) mass is 259 g/mol. The van der Waals surface area contributed by atoms with Gasteiger partial charge in [-0.25, -0.2) is 4.79 Å². The van der Waals surface area contributed by atoms with E-state index >= 15 is 0 Å². The van der Waals surface area contributed by atoms with Crippen molar-refractivity contribution >= 4 is 11.5 Å². The predicted octanol–water partition coefficient (Wildman–Crippen LogP) is 3.10. The van der Waals surface area contributed by atoms with Crippen LogP contribution in [0.2, 0.25) is 0 Å². The Morgan fingerprint density at radius 2 is 1.42 bits per heavy atom. The number of hydrogen-bond acceptors (Lipinski definition) is 2. The van der Waals surface area contributed by atoms with Gasteiger partial charge in [0.2, 0.25) is 0 Å². The molecule has 3 nitrogen and oxygen atoms in total. The van der Waals surface area contributed by atoms with E-state index in [9.17, 15) is 15.2 Å². The Balaban J connectivity index is 3.25. The summed E-state index contributed by atoms with van der Waals surface area (Å²) in [7, 11) is 0. The van der Waals surface area contributed by atoms with Crippen LogP contribution in [0.5, 0.6) is 0 Å². The number of nitrogens with zero attached hydrogens (tertiary/aromatic N) is 1. The largest absolute Gasteiger partial charge is 0.477 e. The van der Waals surface area contributed by atoms with E-state index in [0.29, 0.717) is 0 Å². The summed E-state index contributed by atoms with van der Waals surface area (Å²) in [6.45, 7) is 0. The number of hydrogen-bond donors (Lipinski definition) is 1. The molecule has 0 saturated heterocycles. The van der Waals surface area contributed by atoms with Gasteiger partial charge in [-0.15, -0.1) is 0 Å². The van der Waals surface area contributed by atoms with Gasteiger partial charge < -0.3 is 5.11 Å². The van der Waals surface area contributed by atoms with Crippen molar-refractivity contribution < 1.29 is 23.6 Å². The minimum Gasteiger partial charge on any atom is -0.477 e. The molecule has 0 saturated carbocycles. The Hall–Kier alpha value is -2.86. The average molecular weight is 259 g/mol. The highest BCUT2D eigenvalue weighted by Crippen LogP contribution is 2.26. The van der Waals surface area contributed by atoms with E-state index in [0.717, 1.165) is 0 Å². The highest BCUT2D eigenvalue weighted by molar-refractivity contribution is 6.04. The van der Waals surface area contributed by atoms with Gasteiger partial charge in [0.15, 0.2) is 0 Å². The van der Waals surface area contributed by atoms with Crippen molar-refractivity contribution in [1.82, 2.24) is 0 Å². The lowest BCUT2D eigenvalue weighted by atomic mass is 9.93. The van der Waals surface area contributed by atoms with Crippen molar-refractivity contribution in [3.8, 4) is 6.07 Å². The lowest BCUT2D eigenvalue weighted by Crippen LogP contribution is -2.03. The highest BCUT2D eigenvalue weighted by atomic mass is 16.4. The van der Waals surface area contributed by atoms with Crippen LogP contribution in [0.25, 0.3) is 5.57 Å². The first kappa shape index (κ1) is 5.02. The van der Waals surface area contributed by atoms with E-state index in [1.807, 2.05) is 0 Å². The molecule has 0 fully saturated rings. The molecule has 2 aromatic carbocycles. The van der Waals surface area contributed by atoms with Crippen LogP contribution >= 0.6 is 0 Å². The minimum absolute atomic E-state index is 0.756. The summed E-state index contributed by atoms with van der Waals surface area (Å²) < 4.78 is 78.6. The normalized spacial score (nSPS) is 16.8. The topological polar surface area (TPSA) is 61.1 Å². The molecule has 0 amide bonds. The summed E-state index contributed by atoms with van der Waals surface area (Å²) in [5.41, 5.74) is -3.50. The first-order valence-electron chi connectivity index (χ1n) is 9.90. The zero-order valence-corrected chi connectivity index (χ0v) is 9.30. The summed E-state index contributed by atoms with van der Waals surface area (Å²) in [6.07, 6.45) is 0. The zero-order chi connectivity index (χ0) is 22.4. The van der Waals surface area contributed by atoms with Crippen LogP contribution in [0.3, 0.4) is 0 Å². The molecule has 92 valence electrons. The lowest BCUT2D eigenvalue weighted by molar-refractivity contribution is -0.132. The fourth-order valence-corrected chi connectivity index (χ4v) is 1.34. The lowest BCUT2D eigenvalue weighted by Gasteiger charge is -2.09. The Morgan fingerprint density at radius 3 is 1.74 bits per heavy atom. The summed E-state index contributed by atoms with van der Waals surface area (Å²) in [5.74, 6) is -1.86. The van der Waals surface area contributed by atoms with Crippen LogP contribution in [-0.2, 0) is 4.79 Å². The third-order valence-electron chi connectivity index (χ3n) is 2.08. The van der Waals surface area contributed by atoms with Gasteiger partial charge in [0.25, 0.3) is 0 Å². The van der Waals surface area contributed by atoms with E-state index in [-0.39, 0.29) is 0 Å². The quantitative estimate of drug-likeness (QED) is 0.680. The molecule has 0 atom stereocenters. The van der Waals surface area contributed by atoms with Crippen LogP contribution < -0.4 is 0 Å². The van der Waals surface area contributed by atoms with Crippen LogP contribution in [0.1, 0.15) is 24.8 Å². The molecule has 0 unspecified atom stereocenters. The van der Waals surface area contributed by atoms with E-state index in [2.05, 4.69) is 0 Å². The van der Waals surface area contributed by atoms with Gasteiger partial charge in [0.05, 0.1) is 13.7 Å². The molecule has 0 aliphatic heterocycles. The Morgan fingerprint density at radius 1 is 1.00 bits per heavy atom. The van der Waals surface area contributed by atoms with Gasteiger partial charge >= 0.3 is 5.97 Å². The maximum Gasteiger partial charge on any atom is 0.347 e. The zero-order valence-electron chi connectivity index (χ0n) is 19.3. The summed E-state index contributed by atoms with van der Waals surface area (Å²) >= 11 is 0. The van der Waals surface area contributed by atoms with Crippen molar-refractivity contribution in [2.24, 2.45) is 0 Å². The molecule has 0 spiro atoms. The minimum atomic E-state index is -1.86. The molecule has 0 radical (unpaired) electrons. The fourth-order valence-electron chi connectivity index (χ4n) is 1.34. The van der Waals surface area contributed by atoms with Gasteiger partial charge in [-0.2, -0.15) is 5.26 Å². The van der Waals surface area contributed by atoms with E-state index < -0.39 is 88.7 Å². The van der Waals surface area contributed by atoms with Gasteiger partial charge in [0.1, 0.15) is 11.6 Å². The van der Waals surface area contributed by atoms with Gasteiger partial charge in [-0.3, -0.25) is 0 Å². The third kappa shape index (κ3) is 2.70. The Bertz CT molecular complexity index is 1020. The Labute approximate surface area is 125 Å². The molecule has 2 rings (SSSR count). The van der Waals surface area contributed by atoms with E-state index in [1.165, 1.54) is 6.07 Å². The number of benzene rings is 2. The SMILES string of the molecule is [2H]c1c([2H])c([2H])c(C(=C(C#N)C(=O)O)c2c([2H])c([2H])c([2H])c([2H])c2[2H])c([2H])c1[2H]. The molecular formula is C16H11NO2. The molecule has 0 heterocycles. The molecule has 0 aliphatic carbocycles. The Kier molecular flexibility index (Phi) is 1.49. The number of carboxylic acids is 1. The van der Waals surface area contributed by atoms with Crippen molar-refractivity contribution in [2.75, 3.05) is 0 Å². The standard InChI is InChI=1S/C16H11NO2/c17-11-14(16(18)19)15(12-7-3-1-4-8-12)13-9-5-2-6-10-13/h1-10H,(H,18,19)/i1D,2D,3D,4D,5D,6D,7D,8D,9D,10D. The second-order valence-corrected chi connectivity index (χ2v) is 3.17. The molecule has 3 heteroatoms. The molecular weight excluding hydrogens is 238 g/mol. The van der Waals surface area contributed by atoms with Crippen molar-refractivity contribution in [1.29, 1.82) is 5.26 Å². The van der Waals surface area contributed by atoms with Crippen LogP contribution in [0, 0.1) is 11.3 Å². The first-order valence-corrected chi connectivity index (χ1v) is 4.90. The smallest absolute Gasteiger partial charge is 0.347 e. The summed E-state index contributed by atoms with van der Waals surface area (Å²) in [6, 6.07) is -7.12.